The van der Waals surface area contributed by atoms with E-state index in [1.54, 1.807) is 12.1 Å². The molecule has 8 nitrogen and oxygen atoms in total. The van der Waals surface area contributed by atoms with E-state index in [4.69, 9.17) is 5.73 Å². The molecule has 2 N–H and O–H groups in total. The third-order valence-electron chi connectivity index (χ3n) is 3.04. The normalized spacial score (nSPS) is 11.0. The highest BCUT2D eigenvalue weighted by molar-refractivity contribution is 14.1. The number of hydrogen-bond acceptors (Lipinski definition) is 5. The summed E-state index contributed by atoms with van der Waals surface area (Å²) >= 11 is 2.04. The number of nitro groups is 1. The molecule has 0 unspecified atom stereocenters. The van der Waals surface area contributed by atoms with Crippen LogP contribution in [0.25, 0.3) is 0 Å². The summed E-state index contributed by atoms with van der Waals surface area (Å²) < 4.78 is 27.4. The van der Waals surface area contributed by atoms with Gasteiger partial charge in [0.25, 0.3) is 15.7 Å². The molecule has 0 aliphatic carbocycles. The lowest BCUT2D eigenvalue weighted by atomic mass is 10.3. The first-order valence-electron chi connectivity index (χ1n) is 6.53. The number of carbonyl (C=O) groups excluding carboxylic acids is 1. The number of halogens is 1. The van der Waals surface area contributed by atoms with Gasteiger partial charge >= 0.3 is 0 Å². The zero-order valence-electron chi connectivity index (χ0n) is 12.1. The molecule has 24 heavy (non-hydrogen) atoms. The van der Waals surface area contributed by atoms with Crippen molar-refractivity contribution < 1.29 is 18.1 Å². The summed E-state index contributed by atoms with van der Waals surface area (Å²) in [6.45, 7) is -0.630. The molecule has 0 aliphatic heterocycles. The number of hydrogen-bond donors (Lipinski definition) is 1. The van der Waals surface area contributed by atoms with Crippen LogP contribution in [0.2, 0.25) is 0 Å². The second-order valence-corrected chi connectivity index (χ2v) is 7.76. The number of primary amides is 1. The van der Waals surface area contributed by atoms with Gasteiger partial charge in [-0.3, -0.25) is 19.2 Å². The Kier molecular flexibility index (Phi) is 5.39. The molecule has 0 atom stereocenters. The van der Waals surface area contributed by atoms with Gasteiger partial charge in [0, 0.05) is 9.64 Å². The van der Waals surface area contributed by atoms with Crippen molar-refractivity contribution in [3.63, 3.8) is 0 Å². The highest BCUT2D eigenvalue weighted by Crippen LogP contribution is 2.29. The van der Waals surface area contributed by atoms with Crippen molar-refractivity contribution in [2.24, 2.45) is 5.73 Å². The second kappa shape index (κ2) is 7.13. The van der Waals surface area contributed by atoms with Gasteiger partial charge < -0.3 is 5.73 Å². The molecule has 0 heterocycles. The highest BCUT2D eigenvalue weighted by atomic mass is 127. The minimum absolute atomic E-state index is 0.187. The number of nitrogens with zero attached hydrogens (tertiary/aromatic N) is 2. The van der Waals surface area contributed by atoms with Crippen LogP contribution in [-0.2, 0) is 14.8 Å². The average molecular weight is 461 g/mol. The number of sulfonamides is 1. The number of anilines is 1. The monoisotopic (exact) mass is 461 g/mol. The van der Waals surface area contributed by atoms with Crippen molar-refractivity contribution in [2.45, 2.75) is 4.90 Å². The predicted molar refractivity (Wildman–Crippen MR) is 96.0 cm³/mol. The van der Waals surface area contributed by atoms with E-state index < -0.39 is 38.0 Å². The smallest absolute Gasteiger partial charge is 0.289 e. The summed E-state index contributed by atoms with van der Waals surface area (Å²) in [5, 5.41) is 11.1. The van der Waals surface area contributed by atoms with Crippen LogP contribution in [0.5, 0.6) is 0 Å². The van der Waals surface area contributed by atoms with E-state index in [0.717, 1.165) is 20.0 Å². The van der Waals surface area contributed by atoms with Gasteiger partial charge in [0.1, 0.15) is 6.54 Å². The van der Waals surface area contributed by atoms with E-state index in [-0.39, 0.29) is 5.69 Å². The number of rotatable bonds is 6. The molecule has 0 bridgehead atoms. The number of benzene rings is 2. The Hall–Kier alpha value is -2.21. The number of nitrogens with two attached hydrogens (primary N) is 1. The largest absolute Gasteiger partial charge is 0.368 e. The maximum atomic E-state index is 12.9. The molecule has 0 fully saturated rings. The second-order valence-electron chi connectivity index (χ2n) is 4.68. The average Bonchev–Trinajstić information content (AvgIpc) is 2.53. The van der Waals surface area contributed by atoms with Gasteiger partial charge in [0.2, 0.25) is 5.91 Å². The lowest BCUT2D eigenvalue weighted by molar-refractivity contribution is -0.387. The van der Waals surface area contributed by atoms with Crippen molar-refractivity contribution in [2.75, 3.05) is 10.8 Å². The fourth-order valence-corrected chi connectivity index (χ4v) is 3.96. The zero-order valence-corrected chi connectivity index (χ0v) is 15.1. The van der Waals surface area contributed by atoms with E-state index >= 15 is 0 Å². The highest BCUT2D eigenvalue weighted by Gasteiger charge is 2.32. The number of amides is 1. The van der Waals surface area contributed by atoms with Crippen molar-refractivity contribution >= 4 is 49.9 Å². The standard InChI is InChI=1S/C14H12IN3O5S/c15-10-5-7-11(8-6-10)17(9-14(16)19)24(22,23)13-4-2-1-3-12(13)18(20)21/h1-8H,9H2,(H2,16,19). The minimum Gasteiger partial charge on any atom is -0.368 e. The van der Waals surface area contributed by atoms with Gasteiger partial charge in [-0.25, -0.2) is 8.42 Å². The van der Waals surface area contributed by atoms with Crippen LogP contribution >= 0.6 is 22.6 Å². The van der Waals surface area contributed by atoms with Crippen LogP contribution in [0.3, 0.4) is 0 Å². The summed E-state index contributed by atoms with van der Waals surface area (Å²) in [6, 6.07) is 11.2. The van der Waals surface area contributed by atoms with Crippen molar-refractivity contribution in [1.82, 2.24) is 0 Å². The molecule has 1 amide bonds. The first-order valence-corrected chi connectivity index (χ1v) is 9.05. The van der Waals surface area contributed by atoms with Crippen LogP contribution in [-0.4, -0.2) is 25.8 Å². The van der Waals surface area contributed by atoms with Gasteiger partial charge in [-0.1, -0.05) is 12.1 Å². The van der Waals surface area contributed by atoms with E-state index in [0.29, 0.717) is 0 Å². The third kappa shape index (κ3) is 3.82. The van der Waals surface area contributed by atoms with Gasteiger partial charge in [0.05, 0.1) is 10.6 Å². The van der Waals surface area contributed by atoms with Crippen molar-refractivity contribution in [3.8, 4) is 0 Å². The summed E-state index contributed by atoms with van der Waals surface area (Å²) in [7, 11) is -4.35. The molecule has 10 heteroatoms. The Bertz CT molecular complexity index is 884. The van der Waals surface area contributed by atoms with Gasteiger partial charge in [-0.15, -0.1) is 0 Å². The summed E-state index contributed by atoms with van der Waals surface area (Å²) in [4.78, 5) is 21.2. The van der Waals surface area contributed by atoms with E-state index in [1.807, 2.05) is 22.6 Å². The Morgan fingerprint density at radius 3 is 2.29 bits per heavy atom. The number of carbonyl (C=O) groups is 1. The van der Waals surface area contributed by atoms with E-state index in [1.165, 1.54) is 24.3 Å². The zero-order chi connectivity index (χ0) is 17.9. The molecule has 2 aromatic rings. The van der Waals surface area contributed by atoms with Gasteiger partial charge in [-0.05, 0) is 52.9 Å². The molecular formula is C14H12IN3O5S. The van der Waals surface area contributed by atoms with Crippen LogP contribution < -0.4 is 10.0 Å². The first-order chi connectivity index (χ1) is 11.2. The lowest BCUT2D eigenvalue weighted by Crippen LogP contribution is -2.38. The Labute approximate surface area is 151 Å². The fourth-order valence-electron chi connectivity index (χ4n) is 2.01. The number of para-hydroxylation sites is 1. The topological polar surface area (TPSA) is 124 Å². The van der Waals surface area contributed by atoms with Crippen LogP contribution in [0.1, 0.15) is 0 Å². The molecule has 2 rings (SSSR count). The van der Waals surface area contributed by atoms with Crippen LogP contribution in [0.15, 0.2) is 53.4 Å². The minimum atomic E-state index is -4.35. The molecule has 0 spiro atoms. The first kappa shape index (κ1) is 18.1. The van der Waals surface area contributed by atoms with Crippen LogP contribution in [0.4, 0.5) is 11.4 Å². The maximum absolute atomic E-state index is 12.9. The van der Waals surface area contributed by atoms with Crippen molar-refractivity contribution in [3.05, 3.63) is 62.2 Å². The summed E-state index contributed by atoms with van der Waals surface area (Å²) in [5.41, 5.74) is 4.77. The summed E-state index contributed by atoms with van der Waals surface area (Å²) in [5.74, 6) is -0.879. The third-order valence-corrected chi connectivity index (χ3v) is 5.58. The molecular weight excluding hydrogens is 449 g/mol. The SMILES string of the molecule is NC(=O)CN(c1ccc(I)cc1)S(=O)(=O)c1ccccc1[N+](=O)[O-]. The van der Waals surface area contributed by atoms with Crippen molar-refractivity contribution in [1.29, 1.82) is 0 Å². The van der Waals surface area contributed by atoms with Gasteiger partial charge in [-0.2, -0.15) is 0 Å². The van der Waals surface area contributed by atoms with E-state index in [2.05, 4.69) is 0 Å². The predicted octanol–water partition coefficient (Wildman–Crippen LogP) is 1.88. The molecule has 0 aromatic heterocycles. The quantitative estimate of drug-likeness (QED) is 0.400. The number of nitro benzene ring substituents is 1. The molecule has 126 valence electrons. The molecule has 0 aliphatic rings. The Balaban J connectivity index is 2.62. The lowest BCUT2D eigenvalue weighted by Gasteiger charge is -2.23. The fraction of sp³-hybridized carbons (Fsp3) is 0.0714. The molecule has 2 aromatic carbocycles. The van der Waals surface area contributed by atoms with E-state index in [9.17, 15) is 23.3 Å². The molecule has 0 saturated carbocycles. The van der Waals surface area contributed by atoms with Crippen LogP contribution in [0, 0.1) is 13.7 Å². The van der Waals surface area contributed by atoms with Gasteiger partial charge in [0.15, 0.2) is 4.90 Å². The Morgan fingerprint density at radius 1 is 1.17 bits per heavy atom. The summed E-state index contributed by atoms with van der Waals surface area (Å²) in [6.07, 6.45) is 0. The maximum Gasteiger partial charge on any atom is 0.289 e. The molecule has 0 radical (unpaired) electrons. The Morgan fingerprint density at radius 2 is 1.75 bits per heavy atom. The molecule has 0 saturated heterocycles.